The highest BCUT2D eigenvalue weighted by atomic mass is 79.9. The third-order valence-electron chi connectivity index (χ3n) is 4.37. The van der Waals surface area contributed by atoms with Crippen molar-refractivity contribution in [3.63, 3.8) is 0 Å². The van der Waals surface area contributed by atoms with Crippen molar-refractivity contribution in [3.05, 3.63) is 46.2 Å². The molecule has 0 bridgehead atoms. The van der Waals surface area contributed by atoms with E-state index in [1.54, 1.807) is 4.52 Å². The quantitative estimate of drug-likeness (QED) is 0.501. The van der Waals surface area contributed by atoms with Gasteiger partial charge >= 0.3 is 0 Å². The topological polar surface area (TPSA) is 87.4 Å². The Morgan fingerprint density at radius 2 is 1.93 bits per heavy atom. The minimum atomic E-state index is -0.0479. The summed E-state index contributed by atoms with van der Waals surface area (Å²) in [5.74, 6) is 1.68. The lowest BCUT2D eigenvalue weighted by Gasteiger charge is -2.16. The van der Waals surface area contributed by atoms with E-state index in [1.807, 2.05) is 25.1 Å². The average molecular weight is 433 g/mol. The van der Waals surface area contributed by atoms with Crippen LogP contribution in [0.25, 0.3) is 5.65 Å². The number of rotatable bonds is 8. The third kappa shape index (κ3) is 4.56. The van der Waals surface area contributed by atoms with Crippen LogP contribution in [0.15, 0.2) is 34.8 Å². The van der Waals surface area contributed by atoms with Crippen molar-refractivity contribution in [2.45, 2.75) is 45.7 Å². The number of halogens is 1. The summed E-state index contributed by atoms with van der Waals surface area (Å²) in [4.78, 5) is 0. The van der Waals surface area contributed by atoms with Gasteiger partial charge in [0.25, 0.3) is 0 Å². The molecule has 0 spiro atoms. The van der Waals surface area contributed by atoms with Gasteiger partial charge in [-0.05, 0) is 24.1 Å². The molecular weight excluding hydrogens is 408 g/mol. The first-order chi connectivity index (χ1) is 13.0. The fraction of sp³-hybridized carbons (Fsp3) is 0.421. The molecule has 3 rings (SSSR count). The number of aliphatic hydroxyl groups excluding tert-OH is 1. The number of nitrogens with zero attached hydrogens (tertiary/aromatic N) is 4. The predicted molar refractivity (Wildman–Crippen MR) is 111 cm³/mol. The fourth-order valence-corrected chi connectivity index (χ4v) is 3.01. The molecule has 0 fully saturated rings. The summed E-state index contributed by atoms with van der Waals surface area (Å²) in [6.07, 6.45) is 0.803. The Labute approximate surface area is 167 Å². The minimum absolute atomic E-state index is 0.0479. The van der Waals surface area contributed by atoms with E-state index in [0.717, 1.165) is 28.0 Å². The van der Waals surface area contributed by atoms with Crippen LogP contribution in [0.5, 0.6) is 0 Å². The molecule has 0 radical (unpaired) electrons. The molecular formula is C19H25BrN6O. The van der Waals surface area contributed by atoms with E-state index < -0.39 is 0 Å². The zero-order chi connectivity index (χ0) is 19.4. The van der Waals surface area contributed by atoms with Crippen LogP contribution in [-0.2, 0) is 6.54 Å². The number of aromatic nitrogens is 4. The Hall–Kier alpha value is -2.19. The maximum Gasteiger partial charge on any atom is 0.201 e. The highest BCUT2D eigenvalue weighted by molar-refractivity contribution is 9.10. The summed E-state index contributed by atoms with van der Waals surface area (Å²) in [6, 6.07) is 10.0. The lowest BCUT2D eigenvalue weighted by Crippen LogP contribution is -2.24. The van der Waals surface area contributed by atoms with Gasteiger partial charge in [-0.15, -0.1) is 15.3 Å². The van der Waals surface area contributed by atoms with Gasteiger partial charge in [0.1, 0.15) is 5.82 Å². The zero-order valence-corrected chi connectivity index (χ0v) is 17.4. The van der Waals surface area contributed by atoms with Gasteiger partial charge in [-0.1, -0.05) is 48.8 Å². The molecule has 3 aromatic rings. The molecule has 0 aliphatic rings. The molecule has 8 heteroatoms. The van der Waals surface area contributed by atoms with E-state index >= 15 is 0 Å². The molecule has 1 aromatic carbocycles. The third-order valence-corrected chi connectivity index (χ3v) is 4.90. The second-order valence-electron chi connectivity index (χ2n) is 6.80. The van der Waals surface area contributed by atoms with Crippen molar-refractivity contribution in [1.82, 2.24) is 19.8 Å². The number of hydrogen-bond acceptors (Lipinski definition) is 6. The predicted octanol–water partition coefficient (Wildman–Crippen LogP) is 3.81. The van der Waals surface area contributed by atoms with Crippen LogP contribution in [0.1, 0.15) is 44.5 Å². The molecule has 0 saturated heterocycles. The Balaban J connectivity index is 1.94. The molecule has 0 aliphatic carbocycles. The second kappa shape index (κ2) is 8.67. The summed E-state index contributed by atoms with van der Waals surface area (Å²) < 4.78 is 2.83. The van der Waals surface area contributed by atoms with Gasteiger partial charge < -0.3 is 15.7 Å². The minimum Gasteiger partial charge on any atom is -0.394 e. The van der Waals surface area contributed by atoms with Crippen LogP contribution in [0.3, 0.4) is 0 Å². The van der Waals surface area contributed by atoms with Crippen LogP contribution in [0, 0.1) is 0 Å². The highest BCUT2D eigenvalue weighted by Crippen LogP contribution is 2.23. The van der Waals surface area contributed by atoms with Gasteiger partial charge in [0.15, 0.2) is 5.82 Å². The summed E-state index contributed by atoms with van der Waals surface area (Å²) in [5, 5.41) is 29.5. The first-order valence-corrected chi connectivity index (χ1v) is 9.93. The van der Waals surface area contributed by atoms with Crippen LogP contribution in [0.4, 0.5) is 11.5 Å². The zero-order valence-electron chi connectivity index (χ0n) is 15.8. The molecule has 3 N–H and O–H groups in total. The normalized spacial score (nSPS) is 12.5. The van der Waals surface area contributed by atoms with Gasteiger partial charge in [-0.25, -0.2) is 0 Å². The van der Waals surface area contributed by atoms with E-state index in [9.17, 15) is 5.11 Å². The standard InChI is InChI=1S/C19H25BrN6O/c1-4-15(11-27)22-17-9-16(21-10-13-5-7-14(20)8-6-13)19-24-23-18(12(2)3)26(19)25-17/h5-9,12,15,21,27H,4,10-11H2,1-3H3,(H,22,25)/t15-/m0/s1. The molecule has 27 heavy (non-hydrogen) atoms. The molecule has 2 heterocycles. The molecule has 0 aliphatic heterocycles. The van der Waals surface area contributed by atoms with Crippen molar-refractivity contribution in [3.8, 4) is 0 Å². The van der Waals surface area contributed by atoms with Crippen LogP contribution >= 0.6 is 15.9 Å². The monoisotopic (exact) mass is 432 g/mol. The number of nitrogens with one attached hydrogen (secondary N) is 2. The number of anilines is 2. The average Bonchev–Trinajstić information content (AvgIpc) is 3.09. The summed E-state index contributed by atoms with van der Waals surface area (Å²) in [6.45, 7) is 6.87. The molecule has 7 nitrogen and oxygen atoms in total. The van der Waals surface area contributed by atoms with Gasteiger partial charge in [0.05, 0.1) is 18.3 Å². The summed E-state index contributed by atoms with van der Waals surface area (Å²) >= 11 is 3.46. The number of fused-ring (bicyclic) bond motifs is 1. The number of hydrogen-bond donors (Lipinski definition) is 3. The van der Waals surface area contributed by atoms with Gasteiger partial charge in [-0.3, -0.25) is 0 Å². The molecule has 0 amide bonds. The van der Waals surface area contributed by atoms with Crippen LogP contribution < -0.4 is 10.6 Å². The van der Waals surface area contributed by atoms with Gasteiger partial charge in [0, 0.05) is 23.0 Å². The number of aliphatic hydroxyl groups is 1. The van der Waals surface area contributed by atoms with Crippen LogP contribution in [0.2, 0.25) is 0 Å². The van der Waals surface area contributed by atoms with Crippen LogP contribution in [-0.4, -0.2) is 37.6 Å². The highest BCUT2D eigenvalue weighted by Gasteiger charge is 2.16. The largest absolute Gasteiger partial charge is 0.394 e. The van der Waals surface area contributed by atoms with E-state index in [-0.39, 0.29) is 18.6 Å². The first-order valence-electron chi connectivity index (χ1n) is 9.13. The van der Waals surface area contributed by atoms with Crippen molar-refractivity contribution in [2.75, 3.05) is 17.2 Å². The lowest BCUT2D eigenvalue weighted by atomic mass is 10.2. The van der Waals surface area contributed by atoms with Gasteiger partial charge in [-0.2, -0.15) is 4.52 Å². The van der Waals surface area contributed by atoms with E-state index in [1.165, 1.54) is 0 Å². The Morgan fingerprint density at radius 3 is 2.56 bits per heavy atom. The maximum atomic E-state index is 9.51. The molecule has 2 aromatic heterocycles. The van der Waals surface area contributed by atoms with Gasteiger partial charge in [0.2, 0.25) is 5.65 Å². The SMILES string of the molecule is CC[C@@H](CO)Nc1cc(NCc2ccc(Br)cc2)c2nnc(C(C)C)n2n1. The smallest absolute Gasteiger partial charge is 0.201 e. The van der Waals surface area contributed by atoms with Crippen molar-refractivity contribution in [2.24, 2.45) is 0 Å². The van der Waals surface area contributed by atoms with Crippen molar-refractivity contribution < 1.29 is 5.11 Å². The Kier molecular flexibility index (Phi) is 6.28. The lowest BCUT2D eigenvalue weighted by molar-refractivity contribution is 0.271. The Morgan fingerprint density at radius 1 is 1.19 bits per heavy atom. The molecule has 1 atom stereocenters. The molecule has 0 unspecified atom stereocenters. The van der Waals surface area contributed by atoms with E-state index in [0.29, 0.717) is 18.0 Å². The Bertz CT molecular complexity index is 889. The van der Waals surface area contributed by atoms with Crippen molar-refractivity contribution in [1.29, 1.82) is 0 Å². The van der Waals surface area contributed by atoms with E-state index in [2.05, 4.69) is 67.8 Å². The summed E-state index contributed by atoms with van der Waals surface area (Å²) in [5.41, 5.74) is 2.70. The maximum absolute atomic E-state index is 9.51. The summed E-state index contributed by atoms with van der Waals surface area (Å²) in [7, 11) is 0. The second-order valence-corrected chi connectivity index (χ2v) is 7.72. The fourth-order valence-electron chi connectivity index (χ4n) is 2.74. The first kappa shape index (κ1) is 19.6. The van der Waals surface area contributed by atoms with Crippen molar-refractivity contribution >= 4 is 33.1 Å². The van der Waals surface area contributed by atoms with E-state index in [4.69, 9.17) is 0 Å². The number of benzene rings is 1. The molecule has 0 saturated carbocycles. The molecule has 144 valence electrons.